The number of hydrogen-bond donors (Lipinski definition) is 1. The van der Waals surface area contributed by atoms with Crippen LogP contribution in [0.1, 0.15) is 55.1 Å². The molecule has 0 atom stereocenters. The molecule has 24 heavy (non-hydrogen) atoms. The molecule has 0 radical (unpaired) electrons. The molecule has 2 aromatic carbocycles. The molecule has 2 N–H and O–H groups in total. The Morgan fingerprint density at radius 3 is 2.17 bits per heavy atom. The summed E-state index contributed by atoms with van der Waals surface area (Å²) in [6.07, 6.45) is 4.29. The molecule has 128 valence electrons. The van der Waals surface area contributed by atoms with E-state index in [1.165, 1.54) is 5.56 Å². The highest BCUT2D eigenvalue weighted by Gasteiger charge is 2.19. The van der Waals surface area contributed by atoms with Crippen LogP contribution in [0.25, 0.3) is 0 Å². The van der Waals surface area contributed by atoms with E-state index in [-0.39, 0.29) is 5.97 Å². The van der Waals surface area contributed by atoms with Gasteiger partial charge in [-0.15, -0.1) is 0 Å². The van der Waals surface area contributed by atoms with E-state index >= 15 is 0 Å². The molecular formula is C21H27NO2. The van der Waals surface area contributed by atoms with Crippen LogP contribution in [0.5, 0.6) is 0 Å². The second-order valence-electron chi connectivity index (χ2n) is 7.12. The monoisotopic (exact) mass is 325 g/mol. The molecule has 0 spiro atoms. The molecule has 0 aromatic heterocycles. The average molecular weight is 325 g/mol. The van der Waals surface area contributed by atoms with Crippen molar-refractivity contribution in [3.63, 3.8) is 0 Å². The lowest BCUT2D eigenvalue weighted by molar-refractivity contribution is 0.00708. The Bertz CT molecular complexity index is 672. The minimum atomic E-state index is -0.514. The van der Waals surface area contributed by atoms with Crippen LogP contribution in [0.2, 0.25) is 0 Å². The van der Waals surface area contributed by atoms with Gasteiger partial charge in [-0.3, -0.25) is 0 Å². The number of esters is 1. The van der Waals surface area contributed by atoms with Crippen LogP contribution in [-0.4, -0.2) is 11.6 Å². The Hall–Kier alpha value is -2.29. The van der Waals surface area contributed by atoms with E-state index in [9.17, 15) is 4.79 Å². The summed E-state index contributed by atoms with van der Waals surface area (Å²) in [4.78, 5) is 12.1. The molecule has 0 saturated heterocycles. The highest BCUT2D eigenvalue weighted by Crippen LogP contribution is 2.20. The largest absolute Gasteiger partial charge is 0.456 e. The Kier molecular flexibility index (Phi) is 6.02. The van der Waals surface area contributed by atoms with Crippen molar-refractivity contribution in [2.45, 2.75) is 52.1 Å². The highest BCUT2D eigenvalue weighted by atomic mass is 16.6. The molecule has 2 rings (SSSR count). The topological polar surface area (TPSA) is 52.3 Å². The second-order valence-corrected chi connectivity index (χ2v) is 7.12. The normalized spacial score (nSPS) is 11.3. The summed E-state index contributed by atoms with van der Waals surface area (Å²) in [5.41, 5.74) is 8.99. The number of hydrogen-bond acceptors (Lipinski definition) is 3. The van der Waals surface area contributed by atoms with Gasteiger partial charge in [-0.05, 0) is 69.7 Å². The van der Waals surface area contributed by atoms with E-state index in [1.807, 2.05) is 39.0 Å². The Morgan fingerprint density at radius 2 is 1.58 bits per heavy atom. The number of nitrogen functional groups attached to an aromatic ring is 1. The van der Waals surface area contributed by atoms with Gasteiger partial charge in [-0.1, -0.05) is 36.4 Å². The van der Waals surface area contributed by atoms with Gasteiger partial charge in [-0.25, -0.2) is 4.79 Å². The van der Waals surface area contributed by atoms with Crippen LogP contribution in [0.15, 0.2) is 48.5 Å². The summed E-state index contributed by atoms with van der Waals surface area (Å²) in [5.74, 6) is -0.365. The van der Waals surface area contributed by atoms with Crippen LogP contribution in [0.4, 0.5) is 5.69 Å². The molecule has 0 aliphatic carbocycles. The summed E-state index contributed by atoms with van der Waals surface area (Å²) >= 11 is 0. The molecule has 0 aliphatic rings. The number of carbonyl (C=O) groups is 1. The third-order valence-corrected chi connectivity index (χ3v) is 3.76. The average Bonchev–Trinajstić information content (AvgIpc) is 2.51. The van der Waals surface area contributed by atoms with Gasteiger partial charge in [0, 0.05) is 5.69 Å². The molecule has 2 aromatic rings. The van der Waals surface area contributed by atoms with Crippen molar-refractivity contribution in [3.05, 3.63) is 65.2 Å². The van der Waals surface area contributed by atoms with E-state index in [0.29, 0.717) is 11.3 Å². The van der Waals surface area contributed by atoms with Gasteiger partial charge in [-0.2, -0.15) is 0 Å². The predicted molar refractivity (Wildman–Crippen MR) is 99.1 cm³/mol. The first-order chi connectivity index (χ1) is 11.3. The Balaban J connectivity index is 1.86. The van der Waals surface area contributed by atoms with Crippen LogP contribution in [0.3, 0.4) is 0 Å². The van der Waals surface area contributed by atoms with E-state index < -0.39 is 5.60 Å². The van der Waals surface area contributed by atoms with Gasteiger partial charge in [0.05, 0.1) is 5.56 Å². The SMILES string of the molecule is CC(C)(C)OC(=O)c1ccc(CCCCc2ccccc2)cc1N. The minimum absolute atomic E-state index is 0.365. The first-order valence-electron chi connectivity index (χ1n) is 8.51. The molecule has 0 bridgehead atoms. The number of ether oxygens (including phenoxy) is 1. The molecule has 3 heteroatoms. The Labute approximate surface area is 144 Å². The minimum Gasteiger partial charge on any atom is -0.456 e. The molecule has 3 nitrogen and oxygen atoms in total. The fourth-order valence-corrected chi connectivity index (χ4v) is 2.59. The zero-order valence-electron chi connectivity index (χ0n) is 14.8. The van der Waals surface area contributed by atoms with Crippen molar-refractivity contribution >= 4 is 11.7 Å². The molecule has 0 aliphatic heterocycles. The van der Waals surface area contributed by atoms with Crippen molar-refractivity contribution in [1.82, 2.24) is 0 Å². The fraction of sp³-hybridized carbons (Fsp3) is 0.381. The van der Waals surface area contributed by atoms with Crippen LogP contribution in [-0.2, 0) is 17.6 Å². The van der Waals surface area contributed by atoms with Crippen molar-refractivity contribution in [3.8, 4) is 0 Å². The van der Waals surface area contributed by atoms with Gasteiger partial charge >= 0.3 is 5.97 Å². The van der Waals surface area contributed by atoms with Crippen LogP contribution < -0.4 is 5.73 Å². The number of unbranched alkanes of at least 4 members (excludes halogenated alkanes) is 1. The maximum absolute atomic E-state index is 12.1. The van der Waals surface area contributed by atoms with E-state index in [1.54, 1.807) is 6.07 Å². The number of rotatable bonds is 6. The second kappa shape index (κ2) is 8.00. The zero-order chi connectivity index (χ0) is 17.6. The Morgan fingerprint density at radius 1 is 0.958 bits per heavy atom. The van der Waals surface area contributed by atoms with Crippen LogP contribution in [0, 0.1) is 0 Å². The lowest BCUT2D eigenvalue weighted by Gasteiger charge is -2.20. The third-order valence-electron chi connectivity index (χ3n) is 3.76. The quantitative estimate of drug-likeness (QED) is 0.472. The van der Waals surface area contributed by atoms with Gasteiger partial charge in [0.15, 0.2) is 0 Å². The number of anilines is 1. The predicted octanol–water partition coefficient (Wildman–Crippen LogP) is 4.79. The summed E-state index contributed by atoms with van der Waals surface area (Å²) in [5, 5.41) is 0. The standard InChI is InChI=1S/C21H27NO2/c1-21(2,3)24-20(23)18-14-13-17(15-19(18)22)12-8-7-11-16-9-5-4-6-10-16/h4-6,9-10,13-15H,7-8,11-12,22H2,1-3H3. The lowest BCUT2D eigenvalue weighted by Crippen LogP contribution is -2.24. The molecule has 0 fully saturated rings. The van der Waals surface area contributed by atoms with E-state index in [0.717, 1.165) is 31.2 Å². The number of nitrogens with two attached hydrogens (primary N) is 1. The lowest BCUT2D eigenvalue weighted by atomic mass is 10.0. The van der Waals surface area contributed by atoms with E-state index in [2.05, 4.69) is 24.3 Å². The number of aryl methyl sites for hydroxylation is 2. The van der Waals surface area contributed by atoms with Crippen molar-refractivity contribution in [1.29, 1.82) is 0 Å². The van der Waals surface area contributed by atoms with Crippen LogP contribution >= 0.6 is 0 Å². The van der Waals surface area contributed by atoms with Gasteiger partial charge in [0.2, 0.25) is 0 Å². The molecule has 0 saturated carbocycles. The molecule has 0 unspecified atom stereocenters. The zero-order valence-corrected chi connectivity index (χ0v) is 14.8. The molecule has 0 heterocycles. The maximum Gasteiger partial charge on any atom is 0.340 e. The summed E-state index contributed by atoms with van der Waals surface area (Å²) in [7, 11) is 0. The summed E-state index contributed by atoms with van der Waals surface area (Å²) < 4.78 is 5.37. The van der Waals surface area contributed by atoms with Crippen molar-refractivity contribution < 1.29 is 9.53 Å². The highest BCUT2D eigenvalue weighted by molar-refractivity contribution is 5.95. The number of benzene rings is 2. The van der Waals surface area contributed by atoms with Gasteiger partial charge in [0.25, 0.3) is 0 Å². The maximum atomic E-state index is 12.1. The van der Waals surface area contributed by atoms with Gasteiger partial charge < -0.3 is 10.5 Å². The fourth-order valence-electron chi connectivity index (χ4n) is 2.59. The van der Waals surface area contributed by atoms with E-state index in [4.69, 9.17) is 10.5 Å². The van der Waals surface area contributed by atoms with Crippen molar-refractivity contribution in [2.24, 2.45) is 0 Å². The smallest absolute Gasteiger partial charge is 0.340 e. The first-order valence-corrected chi connectivity index (χ1v) is 8.51. The molecular weight excluding hydrogens is 298 g/mol. The van der Waals surface area contributed by atoms with Gasteiger partial charge in [0.1, 0.15) is 5.60 Å². The number of carbonyl (C=O) groups excluding carboxylic acids is 1. The molecule has 0 amide bonds. The first kappa shape index (κ1) is 18.1. The summed E-state index contributed by atoms with van der Waals surface area (Å²) in [6.45, 7) is 5.55. The third kappa shape index (κ3) is 5.73. The summed E-state index contributed by atoms with van der Waals surface area (Å²) in [6, 6.07) is 16.1. The van der Waals surface area contributed by atoms with Crippen molar-refractivity contribution in [2.75, 3.05) is 5.73 Å².